The first kappa shape index (κ1) is 25.6. The molecule has 1 heterocycles. The van der Waals surface area contributed by atoms with E-state index in [9.17, 15) is 0 Å². The van der Waals surface area contributed by atoms with Gasteiger partial charge in [0, 0.05) is 75.7 Å². The van der Waals surface area contributed by atoms with Crippen molar-refractivity contribution in [1.82, 2.24) is 4.90 Å². The Morgan fingerprint density at radius 3 is 2.59 bits per heavy atom. The van der Waals surface area contributed by atoms with Crippen molar-refractivity contribution in [3.63, 3.8) is 0 Å². The van der Waals surface area contributed by atoms with E-state index in [0.717, 1.165) is 54.3 Å². The second-order valence-electron chi connectivity index (χ2n) is 8.80. The number of anilines is 2. The predicted octanol–water partition coefficient (Wildman–Crippen LogP) is 3.95. The standard InChI is InChI=1S/C27H39N5O2/c1-20-6-7-25(32-10-8-31(4)9-11-32)17-27(20)30-21(2)22-14-23(24(18-28)19-29-3)16-26(15-22)34-13-12-33-5/h6-7,14-19,21,30H,8-13,28H2,1-5H3/b24-18+,29-19?. The maximum atomic E-state index is 5.96. The van der Waals surface area contributed by atoms with Crippen LogP contribution < -0.4 is 20.7 Å². The summed E-state index contributed by atoms with van der Waals surface area (Å²) in [7, 11) is 5.59. The molecule has 0 saturated carbocycles. The molecule has 0 amide bonds. The molecule has 1 atom stereocenters. The van der Waals surface area contributed by atoms with Crippen LogP contribution >= 0.6 is 0 Å². The minimum atomic E-state index is 0.0590. The Morgan fingerprint density at radius 2 is 1.91 bits per heavy atom. The summed E-state index contributed by atoms with van der Waals surface area (Å²) in [6.45, 7) is 9.59. The fraction of sp³-hybridized carbons (Fsp3) is 0.444. The lowest BCUT2D eigenvalue weighted by molar-refractivity contribution is 0.146. The summed E-state index contributed by atoms with van der Waals surface area (Å²) in [5.41, 5.74) is 12.4. The number of likely N-dealkylation sites (N-methyl/N-ethyl adjacent to an activating group) is 1. The molecule has 0 aromatic heterocycles. The normalized spacial score (nSPS) is 16.1. The molecule has 0 bridgehead atoms. The highest BCUT2D eigenvalue weighted by Crippen LogP contribution is 2.31. The molecular formula is C27H39N5O2. The van der Waals surface area contributed by atoms with E-state index in [-0.39, 0.29) is 6.04 Å². The molecule has 34 heavy (non-hydrogen) atoms. The number of ether oxygens (including phenoxy) is 2. The van der Waals surface area contributed by atoms with Crippen LogP contribution in [0, 0.1) is 6.92 Å². The van der Waals surface area contributed by atoms with Gasteiger partial charge >= 0.3 is 0 Å². The SMILES string of the molecule is CN=C/C(=C\N)c1cc(OCCOC)cc(C(C)Nc2cc(N3CCN(C)CC3)ccc2C)c1. The van der Waals surface area contributed by atoms with Gasteiger partial charge in [0.25, 0.3) is 0 Å². The molecule has 3 N–H and O–H groups in total. The second-order valence-corrected chi connectivity index (χ2v) is 8.80. The molecule has 1 aliphatic heterocycles. The second kappa shape index (κ2) is 12.4. The number of nitrogens with zero attached hydrogens (tertiary/aromatic N) is 3. The minimum absolute atomic E-state index is 0.0590. The van der Waals surface area contributed by atoms with E-state index in [1.807, 2.05) is 6.07 Å². The Balaban J connectivity index is 1.86. The molecular weight excluding hydrogens is 426 g/mol. The lowest BCUT2D eigenvalue weighted by Gasteiger charge is -2.34. The van der Waals surface area contributed by atoms with E-state index in [0.29, 0.717) is 13.2 Å². The van der Waals surface area contributed by atoms with Gasteiger partial charge in [-0.2, -0.15) is 0 Å². The first-order valence-corrected chi connectivity index (χ1v) is 11.9. The highest BCUT2D eigenvalue weighted by molar-refractivity contribution is 6.09. The molecule has 7 heteroatoms. The molecule has 1 unspecified atom stereocenters. The number of rotatable bonds is 10. The minimum Gasteiger partial charge on any atom is -0.491 e. The molecule has 1 fully saturated rings. The van der Waals surface area contributed by atoms with Crippen molar-refractivity contribution in [3.05, 3.63) is 59.3 Å². The third-order valence-electron chi connectivity index (χ3n) is 6.23. The zero-order chi connectivity index (χ0) is 24.5. The van der Waals surface area contributed by atoms with Gasteiger partial charge in [-0.25, -0.2) is 0 Å². The van der Waals surface area contributed by atoms with Crippen LogP contribution in [0.2, 0.25) is 0 Å². The summed E-state index contributed by atoms with van der Waals surface area (Å²) in [6.07, 6.45) is 3.34. The highest BCUT2D eigenvalue weighted by atomic mass is 16.5. The lowest BCUT2D eigenvalue weighted by Crippen LogP contribution is -2.44. The van der Waals surface area contributed by atoms with Crippen molar-refractivity contribution < 1.29 is 9.47 Å². The quantitative estimate of drug-likeness (QED) is 0.409. The summed E-state index contributed by atoms with van der Waals surface area (Å²) in [5, 5.41) is 3.72. The van der Waals surface area contributed by atoms with E-state index < -0.39 is 0 Å². The molecule has 2 aromatic carbocycles. The lowest BCUT2D eigenvalue weighted by atomic mass is 9.99. The Hall–Kier alpha value is -3.03. The maximum absolute atomic E-state index is 5.96. The Morgan fingerprint density at radius 1 is 1.15 bits per heavy atom. The molecule has 7 nitrogen and oxygen atoms in total. The molecule has 2 aromatic rings. The van der Waals surface area contributed by atoms with E-state index in [1.54, 1.807) is 26.6 Å². The average Bonchev–Trinajstić information content (AvgIpc) is 2.84. The van der Waals surface area contributed by atoms with Crippen LogP contribution in [0.25, 0.3) is 5.57 Å². The molecule has 3 rings (SSSR count). The smallest absolute Gasteiger partial charge is 0.120 e. The monoisotopic (exact) mass is 465 g/mol. The van der Waals surface area contributed by atoms with Crippen LogP contribution in [-0.4, -0.2) is 71.7 Å². The zero-order valence-corrected chi connectivity index (χ0v) is 21.2. The van der Waals surface area contributed by atoms with Gasteiger partial charge in [-0.15, -0.1) is 0 Å². The third kappa shape index (κ3) is 6.74. The number of allylic oxidation sites excluding steroid dienone is 1. The van der Waals surface area contributed by atoms with Gasteiger partial charge in [-0.1, -0.05) is 6.07 Å². The molecule has 0 aliphatic carbocycles. The van der Waals surface area contributed by atoms with Gasteiger partial charge in [-0.3, -0.25) is 4.99 Å². The molecule has 1 aliphatic rings. The van der Waals surface area contributed by atoms with Crippen molar-refractivity contribution in [2.24, 2.45) is 10.7 Å². The van der Waals surface area contributed by atoms with Crippen LogP contribution in [-0.2, 0) is 4.74 Å². The van der Waals surface area contributed by atoms with Gasteiger partial charge in [0.05, 0.1) is 6.61 Å². The fourth-order valence-corrected chi connectivity index (χ4v) is 4.06. The summed E-state index contributed by atoms with van der Waals surface area (Å²) in [4.78, 5) is 8.98. The van der Waals surface area contributed by atoms with Gasteiger partial charge in [0.1, 0.15) is 12.4 Å². The largest absolute Gasteiger partial charge is 0.491 e. The van der Waals surface area contributed by atoms with Crippen LogP contribution in [0.1, 0.15) is 29.7 Å². The van der Waals surface area contributed by atoms with Crippen LogP contribution in [0.5, 0.6) is 5.75 Å². The summed E-state index contributed by atoms with van der Waals surface area (Å²) in [6, 6.07) is 13.0. The van der Waals surface area contributed by atoms with Gasteiger partial charge in [0.2, 0.25) is 0 Å². The fourth-order valence-electron chi connectivity index (χ4n) is 4.06. The van der Waals surface area contributed by atoms with Crippen LogP contribution in [0.15, 0.2) is 47.6 Å². The molecule has 0 spiro atoms. The summed E-state index contributed by atoms with van der Waals surface area (Å²) < 4.78 is 11.1. The first-order valence-electron chi connectivity index (χ1n) is 11.9. The molecule has 0 radical (unpaired) electrons. The summed E-state index contributed by atoms with van der Waals surface area (Å²) in [5.74, 6) is 0.782. The Labute approximate surface area is 204 Å². The van der Waals surface area contributed by atoms with Gasteiger partial charge < -0.3 is 30.3 Å². The van der Waals surface area contributed by atoms with E-state index in [1.165, 1.54) is 11.3 Å². The van der Waals surface area contributed by atoms with Crippen LogP contribution in [0.4, 0.5) is 11.4 Å². The van der Waals surface area contributed by atoms with Crippen molar-refractivity contribution in [1.29, 1.82) is 0 Å². The number of methoxy groups -OCH3 is 1. The van der Waals surface area contributed by atoms with Crippen molar-refractivity contribution >= 4 is 23.2 Å². The predicted molar refractivity (Wildman–Crippen MR) is 143 cm³/mol. The van der Waals surface area contributed by atoms with Crippen molar-refractivity contribution in [2.45, 2.75) is 19.9 Å². The Kier molecular flexibility index (Phi) is 9.36. The van der Waals surface area contributed by atoms with Crippen molar-refractivity contribution in [2.75, 3.05) is 70.8 Å². The van der Waals surface area contributed by atoms with Crippen molar-refractivity contribution in [3.8, 4) is 5.75 Å². The van der Waals surface area contributed by atoms with E-state index >= 15 is 0 Å². The zero-order valence-electron chi connectivity index (χ0n) is 21.2. The highest BCUT2D eigenvalue weighted by Gasteiger charge is 2.16. The van der Waals surface area contributed by atoms with E-state index in [2.05, 4.69) is 71.3 Å². The molecule has 1 saturated heterocycles. The Bertz CT molecular complexity index is 997. The number of piperazine rings is 1. The number of aryl methyl sites for hydroxylation is 1. The topological polar surface area (TPSA) is 75.3 Å². The first-order chi connectivity index (χ1) is 16.4. The van der Waals surface area contributed by atoms with Gasteiger partial charge in [-0.05, 0) is 67.9 Å². The van der Waals surface area contributed by atoms with Gasteiger partial charge in [0.15, 0.2) is 0 Å². The maximum Gasteiger partial charge on any atom is 0.120 e. The average molecular weight is 466 g/mol. The number of hydrogen-bond donors (Lipinski definition) is 2. The number of benzene rings is 2. The number of nitrogens with two attached hydrogens (primary N) is 1. The number of hydrogen-bond acceptors (Lipinski definition) is 7. The van der Waals surface area contributed by atoms with Crippen LogP contribution in [0.3, 0.4) is 0 Å². The number of aliphatic imine (C=N–C) groups is 1. The number of nitrogens with one attached hydrogen (secondary N) is 1. The summed E-state index contributed by atoms with van der Waals surface area (Å²) >= 11 is 0. The third-order valence-corrected chi connectivity index (χ3v) is 6.23. The molecule has 184 valence electrons. The van der Waals surface area contributed by atoms with E-state index in [4.69, 9.17) is 15.2 Å².